The normalized spacial score (nSPS) is 21.2. The standard InChI is InChI=1S/C13H26N2O2/c1-5-17-12(16)13(4,10-11(2)3)15-8-6-14-7-9-15/h11,14H,5-10H2,1-4H3. The summed E-state index contributed by atoms with van der Waals surface area (Å²) in [4.78, 5) is 14.5. The van der Waals surface area contributed by atoms with Gasteiger partial charge in [0.25, 0.3) is 0 Å². The molecule has 0 saturated carbocycles. The molecule has 1 N–H and O–H groups in total. The second-order valence-corrected chi connectivity index (χ2v) is 5.33. The molecule has 1 heterocycles. The average Bonchev–Trinajstić information content (AvgIpc) is 2.29. The van der Waals surface area contributed by atoms with E-state index < -0.39 is 5.54 Å². The first kappa shape index (κ1) is 14.5. The van der Waals surface area contributed by atoms with E-state index in [1.165, 1.54) is 0 Å². The minimum atomic E-state index is -0.466. The summed E-state index contributed by atoms with van der Waals surface area (Å²) in [6, 6.07) is 0. The van der Waals surface area contributed by atoms with Crippen LogP contribution in [0.15, 0.2) is 0 Å². The van der Waals surface area contributed by atoms with Gasteiger partial charge in [-0.2, -0.15) is 0 Å². The van der Waals surface area contributed by atoms with Crippen molar-refractivity contribution in [3.05, 3.63) is 0 Å². The molecule has 4 heteroatoms. The summed E-state index contributed by atoms with van der Waals surface area (Å²) in [7, 11) is 0. The number of esters is 1. The smallest absolute Gasteiger partial charge is 0.326 e. The number of hydrogen-bond acceptors (Lipinski definition) is 4. The van der Waals surface area contributed by atoms with Gasteiger partial charge in [0.15, 0.2) is 0 Å². The number of carbonyl (C=O) groups is 1. The summed E-state index contributed by atoms with van der Waals surface area (Å²) in [5, 5.41) is 3.32. The van der Waals surface area contributed by atoms with Gasteiger partial charge < -0.3 is 10.1 Å². The van der Waals surface area contributed by atoms with E-state index in [1.54, 1.807) is 0 Å². The highest BCUT2D eigenvalue weighted by Gasteiger charge is 2.41. The van der Waals surface area contributed by atoms with Crippen LogP contribution in [-0.2, 0) is 9.53 Å². The Kier molecular flexibility index (Phi) is 5.40. The van der Waals surface area contributed by atoms with Gasteiger partial charge in [0.1, 0.15) is 5.54 Å². The highest BCUT2D eigenvalue weighted by atomic mass is 16.5. The third-order valence-corrected chi connectivity index (χ3v) is 3.34. The second-order valence-electron chi connectivity index (χ2n) is 5.33. The van der Waals surface area contributed by atoms with Crippen LogP contribution in [0.4, 0.5) is 0 Å². The Labute approximate surface area is 105 Å². The van der Waals surface area contributed by atoms with E-state index in [2.05, 4.69) is 24.1 Å². The number of nitrogens with one attached hydrogen (secondary N) is 1. The van der Waals surface area contributed by atoms with Crippen molar-refractivity contribution in [2.24, 2.45) is 5.92 Å². The fourth-order valence-corrected chi connectivity index (χ4v) is 2.58. The van der Waals surface area contributed by atoms with E-state index in [9.17, 15) is 4.79 Å². The molecule has 0 aliphatic carbocycles. The maximum Gasteiger partial charge on any atom is 0.326 e. The van der Waals surface area contributed by atoms with E-state index in [0.29, 0.717) is 12.5 Å². The quantitative estimate of drug-likeness (QED) is 0.737. The summed E-state index contributed by atoms with van der Waals surface area (Å²) in [6.45, 7) is 12.4. The van der Waals surface area contributed by atoms with Gasteiger partial charge in [-0.15, -0.1) is 0 Å². The van der Waals surface area contributed by atoms with Gasteiger partial charge >= 0.3 is 5.97 Å². The zero-order valence-corrected chi connectivity index (χ0v) is 11.6. The summed E-state index contributed by atoms with van der Waals surface area (Å²) in [5.41, 5.74) is -0.466. The van der Waals surface area contributed by atoms with Crippen LogP contribution in [-0.4, -0.2) is 49.2 Å². The van der Waals surface area contributed by atoms with Gasteiger partial charge in [-0.05, 0) is 26.2 Å². The number of ether oxygens (including phenoxy) is 1. The summed E-state index contributed by atoms with van der Waals surface area (Å²) in [5.74, 6) is 0.412. The maximum atomic E-state index is 12.2. The molecule has 1 rings (SSSR count). The van der Waals surface area contributed by atoms with Gasteiger partial charge in [-0.25, -0.2) is 0 Å². The molecule has 1 aliphatic rings. The lowest BCUT2D eigenvalue weighted by Gasteiger charge is -2.42. The van der Waals surface area contributed by atoms with Crippen LogP contribution in [0.2, 0.25) is 0 Å². The molecule has 1 saturated heterocycles. The molecule has 4 nitrogen and oxygen atoms in total. The minimum Gasteiger partial charge on any atom is -0.465 e. The summed E-state index contributed by atoms with van der Waals surface area (Å²) in [6.07, 6.45) is 0.853. The first-order chi connectivity index (χ1) is 8.00. The molecule has 100 valence electrons. The molecule has 0 bridgehead atoms. The van der Waals surface area contributed by atoms with Gasteiger partial charge in [0.05, 0.1) is 6.61 Å². The topological polar surface area (TPSA) is 41.6 Å². The third kappa shape index (κ3) is 3.68. The highest BCUT2D eigenvalue weighted by molar-refractivity contribution is 5.80. The van der Waals surface area contributed by atoms with Crippen LogP contribution >= 0.6 is 0 Å². The van der Waals surface area contributed by atoms with E-state index in [0.717, 1.165) is 32.6 Å². The fraction of sp³-hybridized carbons (Fsp3) is 0.923. The van der Waals surface area contributed by atoms with E-state index in [1.807, 2.05) is 13.8 Å². The molecule has 1 aliphatic heterocycles. The van der Waals surface area contributed by atoms with Crippen molar-refractivity contribution in [1.82, 2.24) is 10.2 Å². The van der Waals surface area contributed by atoms with E-state index in [-0.39, 0.29) is 5.97 Å². The summed E-state index contributed by atoms with van der Waals surface area (Å²) < 4.78 is 5.26. The average molecular weight is 242 g/mol. The Morgan fingerprint density at radius 1 is 1.41 bits per heavy atom. The molecular formula is C13H26N2O2. The van der Waals surface area contributed by atoms with Crippen molar-refractivity contribution in [2.45, 2.75) is 39.7 Å². The predicted molar refractivity (Wildman–Crippen MR) is 68.9 cm³/mol. The monoisotopic (exact) mass is 242 g/mol. The Balaban J connectivity index is 2.79. The first-order valence-corrected chi connectivity index (χ1v) is 6.63. The number of piperazine rings is 1. The number of carbonyl (C=O) groups excluding carboxylic acids is 1. The number of rotatable bonds is 5. The van der Waals surface area contributed by atoms with Crippen LogP contribution in [0.1, 0.15) is 34.1 Å². The zero-order valence-electron chi connectivity index (χ0n) is 11.6. The van der Waals surface area contributed by atoms with Crippen LogP contribution < -0.4 is 5.32 Å². The Morgan fingerprint density at radius 2 is 2.00 bits per heavy atom. The van der Waals surface area contributed by atoms with Crippen LogP contribution in [0.3, 0.4) is 0 Å². The van der Waals surface area contributed by atoms with E-state index in [4.69, 9.17) is 4.74 Å². The van der Waals surface area contributed by atoms with Crippen molar-refractivity contribution in [2.75, 3.05) is 32.8 Å². The molecule has 0 spiro atoms. The van der Waals surface area contributed by atoms with Crippen molar-refractivity contribution in [3.63, 3.8) is 0 Å². The lowest BCUT2D eigenvalue weighted by Crippen LogP contribution is -2.59. The first-order valence-electron chi connectivity index (χ1n) is 6.63. The molecule has 0 aromatic heterocycles. The van der Waals surface area contributed by atoms with Gasteiger partial charge in [0, 0.05) is 26.2 Å². The largest absolute Gasteiger partial charge is 0.465 e. The molecule has 0 aromatic carbocycles. The molecular weight excluding hydrogens is 216 g/mol. The van der Waals surface area contributed by atoms with Crippen LogP contribution in [0.5, 0.6) is 0 Å². The van der Waals surface area contributed by atoms with Crippen molar-refractivity contribution in [1.29, 1.82) is 0 Å². The number of nitrogens with zero attached hydrogens (tertiary/aromatic N) is 1. The predicted octanol–water partition coefficient (Wildman–Crippen LogP) is 1.26. The minimum absolute atomic E-state index is 0.0735. The Morgan fingerprint density at radius 3 is 2.47 bits per heavy atom. The highest BCUT2D eigenvalue weighted by Crippen LogP contribution is 2.26. The molecule has 0 radical (unpaired) electrons. The van der Waals surface area contributed by atoms with Crippen molar-refractivity contribution in [3.8, 4) is 0 Å². The van der Waals surface area contributed by atoms with Crippen LogP contribution in [0.25, 0.3) is 0 Å². The Bertz CT molecular complexity index is 250. The molecule has 17 heavy (non-hydrogen) atoms. The molecule has 1 atom stereocenters. The third-order valence-electron chi connectivity index (χ3n) is 3.34. The van der Waals surface area contributed by atoms with Gasteiger partial charge in [-0.1, -0.05) is 13.8 Å². The number of hydrogen-bond donors (Lipinski definition) is 1. The van der Waals surface area contributed by atoms with Gasteiger partial charge in [-0.3, -0.25) is 9.69 Å². The molecule has 1 unspecified atom stereocenters. The molecule has 0 aromatic rings. The summed E-state index contributed by atoms with van der Waals surface area (Å²) >= 11 is 0. The maximum absolute atomic E-state index is 12.2. The zero-order chi connectivity index (χ0) is 12.9. The Hall–Kier alpha value is -0.610. The van der Waals surface area contributed by atoms with Crippen molar-refractivity contribution < 1.29 is 9.53 Å². The van der Waals surface area contributed by atoms with Crippen molar-refractivity contribution >= 4 is 5.97 Å². The SMILES string of the molecule is CCOC(=O)C(C)(CC(C)C)N1CCNCC1. The van der Waals surface area contributed by atoms with E-state index >= 15 is 0 Å². The molecule has 0 amide bonds. The lowest BCUT2D eigenvalue weighted by atomic mass is 9.88. The fourth-order valence-electron chi connectivity index (χ4n) is 2.58. The van der Waals surface area contributed by atoms with Crippen LogP contribution in [0, 0.1) is 5.92 Å². The lowest BCUT2D eigenvalue weighted by molar-refractivity contribution is -0.158. The second kappa shape index (κ2) is 6.36. The van der Waals surface area contributed by atoms with Gasteiger partial charge in [0.2, 0.25) is 0 Å². The molecule has 1 fully saturated rings.